The zero-order chi connectivity index (χ0) is 12.5. The van der Waals surface area contributed by atoms with E-state index in [1.807, 2.05) is 0 Å². The molecule has 1 N–H and O–H groups in total. The summed E-state index contributed by atoms with van der Waals surface area (Å²) >= 11 is 0. The maximum atomic E-state index is 13.2. The van der Waals surface area contributed by atoms with Crippen molar-refractivity contribution in [2.75, 3.05) is 19.7 Å². The maximum Gasteiger partial charge on any atom is 0.310 e. The minimum Gasteiger partial charge on any atom is -0.466 e. The van der Waals surface area contributed by atoms with Crippen LogP contribution in [0.4, 0.5) is 8.78 Å². The van der Waals surface area contributed by atoms with Gasteiger partial charge in [-0.2, -0.15) is 0 Å². The molecule has 2 rings (SSSR count). The van der Waals surface area contributed by atoms with Crippen LogP contribution in [-0.4, -0.2) is 31.6 Å². The fourth-order valence-electron chi connectivity index (χ4n) is 3.02. The molecule has 17 heavy (non-hydrogen) atoms. The van der Waals surface area contributed by atoms with Crippen molar-refractivity contribution in [2.45, 2.75) is 38.5 Å². The molecule has 2 fully saturated rings. The molecule has 1 spiro atoms. The van der Waals surface area contributed by atoms with Gasteiger partial charge < -0.3 is 10.1 Å². The van der Waals surface area contributed by atoms with Gasteiger partial charge in [0, 0.05) is 25.9 Å². The van der Waals surface area contributed by atoms with Gasteiger partial charge in [0.15, 0.2) is 0 Å². The number of hydrogen-bond acceptors (Lipinski definition) is 3. The summed E-state index contributed by atoms with van der Waals surface area (Å²) in [5, 5.41) is 3.15. The highest BCUT2D eigenvalue weighted by molar-refractivity contribution is 5.74. The highest BCUT2D eigenvalue weighted by Crippen LogP contribution is 2.49. The van der Waals surface area contributed by atoms with E-state index >= 15 is 0 Å². The molecule has 0 aromatic carbocycles. The number of esters is 1. The van der Waals surface area contributed by atoms with Crippen LogP contribution in [0.15, 0.2) is 0 Å². The Morgan fingerprint density at radius 2 is 2.00 bits per heavy atom. The fraction of sp³-hybridized carbons (Fsp3) is 0.917. The Morgan fingerprint density at radius 1 is 1.35 bits per heavy atom. The van der Waals surface area contributed by atoms with Crippen LogP contribution in [0.2, 0.25) is 0 Å². The van der Waals surface area contributed by atoms with E-state index in [1.54, 1.807) is 6.92 Å². The topological polar surface area (TPSA) is 38.3 Å². The van der Waals surface area contributed by atoms with E-state index in [-0.39, 0.29) is 30.1 Å². The summed E-state index contributed by atoms with van der Waals surface area (Å²) in [7, 11) is 0. The summed E-state index contributed by atoms with van der Waals surface area (Å²) < 4.78 is 31.4. The predicted molar refractivity (Wildman–Crippen MR) is 58.8 cm³/mol. The Kier molecular flexibility index (Phi) is 3.39. The van der Waals surface area contributed by atoms with E-state index in [0.717, 1.165) is 0 Å². The average molecular weight is 247 g/mol. The smallest absolute Gasteiger partial charge is 0.310 e. The Morgan fingerprint density at radius 3 is 2.59 bits per heavy atom. The van der Waals surface area contributed by atoms with Gasteiger partial charge in [0.05, 0.1) is 12.5 Å². The number of hydrogen-bond donors (Lipinski definition) is 1. The molecule has 0 amide bonds. The molecule has 1 aliphatic heterocycles. The van der Waals surface area contributed by atoms with Gasteiger partial charge in [0.2, 0.25) is 5.92 Å². The average Bonchev–Trinajstić information content (AvgIpc) is 2.68. The summed E-state index contributed by atoms with van der Waals surface area (Å²) in [5.74, 6) is -3.03. The monoisotopic (exact) mass is 247 g/mol. The van der Waals surface area contributed by atoms with E-state index < -0.39 is 5.92 Å². The first-order chi connectivity index (χ1) is 7.99. The van der Waals surface area contributed by atoms with Crippen LogP contribution < -0.4 is 5.32 Å². The number of alkyl halides is 2. The number of carbonyl (C=O) groups is 1. The number of ether oxygens (including phenoxy) is 1. The zero-order valence-corrected chi connectivity index (χ0v) is 10.1. The van der Waals surface area contributed by atoms with Crippen molar-refractivity contribution in [3.05, 3.63) is 0 Å². The lowest BCUT2D eigenvalue weighted by molar-refractivity contribution is -0.154. The molecule has 2 aliphatic rings. The van der Waals surface area contributed by atoms with Crippen molar-refractivity contribution in [1.82, 2.24) is 5.32 Å². The van der Waals surface area contributed by atoms with Crippen LogP contribution in [-0.2, 0) is 9.53 Å². The Balaban J connectivity index is 2.06. The standard InChI is InChI=1S/C12H19F2NO2/c1-2-17-10(16)9-7-15-8-11(9)3-5-12(13,14)6-4-11/h9,15H,2-8H2,1H3. The quantitative estimate of drug-likeness (QED) is 0.758. The minimum absolute atomic E-state index is 0.107. The van der Waals surface area contributed by atoms with Gasteiger partial charge >= 0.3 is 5.97 Å². The van der Waals surface area contributed by atoms with Crippen molar-refractivity contribution in [1.29, 1.82) is 0 Å². The number of carbonyl (C=O) groups excluding carboxylic acids is 1. The molecule has 0 bridgehead atoms. The highest BCUT2D eigenvalue weighted by Gasteiger charge is 2.52. The lowest BCUT2D eigenvalue weighted by Crippen LogP contribution is -2.42. The molecule has 0 aromatic rings. The summed E-state index contributed by atoms with van der Waals surface area (Å²) in [5.41, 5.74) is -0.298. The number of halogens is 2. The second kappa shape index (κ2) is 4.52. The third-order valence-corrected chi connectivity index (χ3v) is 4.11. The largest absolute Gasteiger partial charge is 0.466 e. The molecule has 5 heteroatoms. The van der Waals surface area contributed by atoms with Gasteiger partial charge in [-0.25, -0.2) is 8.78 Å². The van der Waals surface area contributed by atoms with E-state index in [2.05, 4.69) is 5.32 Å². The van der Waals surface area contributed by atoms with Crippen molar-refractivity contribution in [3.63, 3.8) is 0 Å². The molecule has 1 unspecified atom stereocenters. The number of rotatable bonds is 2. The fourth-order valence-corrected chi connectivity index (χ4v) is 3.02. The summed E-state index contributed by atoms with van der Waals surface area (Å²) in [6.45, 7) is 3.33. The maximum absolute atomic E-state index is 13.2. The van der Waals surface area contributed by atoms with Gasteiger partial charge in [0.25, 0.3) is 0 Å². The first-order valence-electron chi connectivity index (χ1n) is 6.24. The number of nitrogens with one attached hydrogen (secondary N) is 1. The van der Waals surface area contributed by atoms with Gasteiger partial charge in [-0.15, -0.1) is 0 Å². The van der Waals surface area contributed by atoms with Crippen LogP contribution in [0.3, 0.4) is 0 Å². The van der Waals surface area contributed by atoms with Gasteiger partial charge in [-0.3, -0.25) is 4.79 Å². The first kappa shape index (κ1) is 12.7. The van der Waals surface area contributed by atoms with Crippen LogP contribution in [0.25, 0.3) is 0 Å². The highest BCUT2D eigenvalue weighted by atomic mass is 19.3. The van der Waals surface area contributed by atoms with Crippen molar-refractivity contribution in [3.8, 4) is 0 Å². The first-order valence-corrected chi connectivity index (χ1v) is 6.24. The van der Waals surface area contributed by atoms with Crippen molar-refractivity contribution in [2.24, 2.45) is 11.3 Å². The molecule has 1 saturated carbocycles. The van der Waals surface area contributed by atoms with Gasteiger partial charge in [-0.1, -0.05) is 0 Å². The lowest BCUT2D eigenvalue weighted by Gasteiger charge is -2.39. The van der Waals surface area contributed by atoms with E-state index in [4.69, 9.17) is 4.74 Å². The summed E-state index contributed by atoms with van der Waals surface area (Å²) in [6, 6.07) is 0. The SMILES string of the molecule is CCOC(=O)C1CNCC12CCC(F)(F)CC2. The summed E-state index contributed by atoms with van der Waals surface area (Å²) in [6.07, 6.45) is 0.613. The Labute approximate surface area is 99.9 Å². The Hall–Kier alpha value is -0.710. The van der Waals surface area contributed by atoms with Crippen molar-refractivity contribution >= 4 is 5.97 Å². The van der Waals surface area contributed by atoms with Crippen LogP contribution in [0, 0.1) is 11.3 Å². The van der Waals surface area contributed by atoms with E-state index in [0.29, 0.717) is 32.5 Å². The molecular weight excluding hydrogens is 228 g/mol. The molecule has 1 heterocycles. The molecule has 3 nitrogen and oxygen atoms in total. The third-order valence-electron chi connectivity index (χ3n) is 4.11. The normalized spacial score (nSPS) is 30.4. The van der Waals surface area contributed by atoms with Crippen LogP contribution in [0.5, 0.6) is 0 Å². The second-order valence-electron chi connectivity index (χ2n) is 5.15. The molecule has 1 atom stereocenters. The third kappa shape index (κ3) is 2.44. The molecule has 0 aromatic heterocycles. The predicted octanol–water partition coefficient (Wildman–Crippen LogP) is 1.96. The molecular formula is C12H19F2NO2. The van der Waals surface area contributed by atoms with E-state index in [1.165, 1.54) is 0 Å². The Bertz CT molecular complexity index is 297. The molecule has 0 radical (unpaired) electrons. The summed E-state index contributed by atoms with van der Waals surface area (Å²) in [4.78, 5) is 11.8. The van der Waals surface area contributed by atoms with Gasteiger partial charge in [-0.05, 0) is 25.2 Å². The molecule has 98 valence electrons. The zero-order valence-electron chi connectivity index (χ0n) is 10.1. The van der Waals surface area contributed by atoms with Crippen LogP contribution >= 0.6 is 0 Å². The molecule has 1 aliphatic carbocycles. The van der Waals surface area contributed by atoms with Crippen LogP contribution in [0.1, 0.15) is 32.6 Å². The second-order valence-corrected chi connectivity index (χ2v) is 5.15. The lowest BCUT2D eigenvalue weighted by atomic mass is 9.67. The van der Waals surface area contributed by atoms with E-state index in [9.17, 15) is 13.6 Å². The van der Waals surface area contributed by atoms with Crippen molar-refractivity contribution < 1.29 is 18.3 Å². The minimum atomic E-state index is -2.55. The van der Waals surface area contributed by atoms with Gasteiger partial charge in [0.1, 0.15) is 0 Å². The molecule has 1 saturated heterocycles.